The van der Waals surface area contributed by atoms with Crippen LogP contribution >= 0.6 is 27.5 Å². The molecule has 0 aliphatic carbocycles. The van der Waals surface area contributed by atoms with Gasteiger partial charge in [0.15, 0.2) is 5.82 Å². The molecule has 4 rings (SSSR count). The first kappa shape index (κ1) is 28.9. The topological polar surface area (TPSA) is 103 Å². The third-order valence-corrected chi connectivity index (χ3v) is 8.55. The third-order valence-electron chi connectivity index (χ3n) is 6.45. The van der Waals surface area contributed by atoms with Crippen molar-refractivity contribution >= 4 is 78.1 Å². The largest absolute Gasteiger partial charge is 0.494 e. The van der Waals surface area contributed by atoms with Gasteiger partial charge in [0.05, 0.1) is 42.3 Å². The number of hydrogen-bond donors (Lipinski definition) is 2. The van der Waals surface area contributed by atoms with Crippen LogP contribution in [0.15, 0.2) is 47.6 Å². The molecule has 3 aromatic rings. The van der Waals surface area contributed by atoms with Crippen LogP contribution < -0.4 is 24.6 Å². The summed E-state index contributed by atoms with van der Waals surface area (Å²) in [4.78, 5) is 13.5. The van der Waals surface area contributed by atoms with Crippen LogP contribution in [0.3, 0.4) is 0 Å². The lowest BCUT2D eigenvalue weighted by molar-refractivity contribution is 0.312. The Labute approximate surface area is 242 Å². The number of ether oxygens (including phenoxy) is 1. The molecule has 0 radical (unpaired) electrons. The number of benzene rings is 2. The molecule has 208 valence electrons. The van der Waals surface area contributed by atoms with Gasteiger partial charge in [-0.15, -0.1) is 0 Å². The van der Waals surface area contributed by atoms with Gasteiger partial charge < -0.3 is 25.2 Å². The van der Waals surface area contributed by atoms with Gasteiger partial charge in [-0.2, -0.15) is 4.98 Å². The number of nitrogens with one attached hydrogen (secondary N) is 2. The fourth-order valence-corrected chi connectivity index (χ4v) is 5.34. The van der Waals surface area contributed by atoms with Crippen LogP contribution in [0.4, 0.5) is 34.5 Å². The number of likely N-dealkylation sites (N-methyl/N-ethyl adjacent to an activating group) is 1. The maximum atomic E-state index is 12.2. The highest BCUT2D eigenvalue weighted by molar-refractivity contribution is 9.10. The van der Waals surface area contributed by atoms with Crippen molar-refractivity contribution in [2.75, 3.05) is 73.5 Å². The summed E-state index contributed by atoms with van der Waals surface area (Å²) in [5, 5.41) is 6.64. The number of anilines is 6. The third kappa shape index (κ3) is 6.75. The van der Waals surface area contributed by atoms with Crippen LogP contribution in [0.1, 0.15) is 5.56 Å². The molecule has 0 saturated carbocycles. The lowest BCUT2D eigenvalue weighted by Gasteiger charge is -2.35. The number of hydrogen-bond acceptors (Lipinski definition) is 9. The SMILES string of the molecule is C=Cc1ccc(N(C)S(C)(=O)=O)c(Nc2nc(Nc3cc(Br)c(N4CCN(C)CC4)cc3OC)ncc2Cl)c1. The van der Waals surface area contributed by atoms with Gasteiger partial charge in [-0.3, -0.25) is 4.31 Å². The fourth-order valence-electron chi connectivity index (χ4n) is 4.10. The summed E-state index contributed by atoms with van der Waals surface area (Å²) in [6.07, 6.45) is 4.27. The average Bonchev–Trinajstić information content (AvgIpc) is 2.90. The molecule has 0 bridgehead atoms. The molecule has 0 unspecified atom stereocenters. The first-order valence-corrected chi connectivity index (χ1v) is 15.1. The maximum Gasteiger partial charge on any atom is 0.232 e. The van der Waals surface area contributed by atoms with E-state index < -0.39 is 10.0 Å². The van der Waals surface area contributed by atoms with Crippen molar-refractivity contribution in [2.45, 2.75) is 0 Å². The summed E-state index contributed by atoms with van der Waals surface area (Å²) in [7, 11) is 1.71. The Morgan fingerprint density at radius 2 is 1.87 bits per heavy atom. The van der Waals surface area contributed by atoms with Crippen molar-refractivity contribution in [3.05, 3.63) is 58.2 Å². The number of halogens is 2. The predicted octanol–water partition coefficient (Wildman–Crippen LogP) is 5.18. The summed E-state index contributed by atoms with van der Waals surface area (Å²) in [5.74, 6) is 1.21. The highest BCUT2D eigenvalue weighted by Gasteiger charge is 2.21. The molecule has 1 aliphatic rings. The standard InChI is InChI=1S/C26H31BrClN7O3S/c1-6-17-7-8-22(34(3)39(5,36)37)20(13-17)30-25-19(28)16-29-26(32-25)31-21-14-18(27)23(15-24(21)38-4)35-11-9-33(2)10-12-35/h6-8,13-16H,1,9-12H2,2-5H3,(H2,29,30,31,32). The summed E-state index contributed by atoms with van der Waals surface area (Å²) >= 11 is 10.1. The molecule has 1 aromatic heterocycles. The summed E-state index contributed by atoms with van der Waals surface area (Å²) in [6.45, 7) is 7.62. The van der Waals surface area contributed by atoms with E-state index in [-0.39, 0.29) is 11.0 Å². The molecule has 1 aliphatic heterocycles. The van der Waals surface area contributed by atoms with Gasteiger partial charge in [0.1, 0.15) is 10.8 Å². The summed E-state index contributed by atoms with van der Waals surface area (Å²) in [5.41, 5.74) is 3.43. The minimum atomic E-state index is -3.51. The van der Waals surface area contributed by atoms with Crippen LogP contribution in [0.2, 0.25) is 5.02 Å². The molecular formula is C26H31BrClN7O3S. The van der Waals surface area contributed by atoms with Crippen LogP contribution in [0.25, 0.3) is 6.08 Å². The van der Waals surface area contributed by atoms with Crippen molar-refractivity contribution in [1.29, 1.82) is 0 Å². The van der Waals surface area contributed by atoms with Gasteiger partial charge in [-0.05, 0) is 46.7 Å². The fraction of sp³-hybridized carbons (Fsp3) is 0.308. The summed E-state index contributed by atoms with van der Waals surface area (Å²) in [6, 6.07) is 9.16. The van der Waals surface area contributed by atoms with E-state index in [1.54, 1.807) is 31.4 Å². The zero-order chi connectivity index (χ0) is 28.3. The van der Waals surface area contributed by atoms with Crippen molar-refractivity contribution in [2.24, 2.45) is 0 Å². The molecule has 1 saturated heterocycles. The Morgan fingerprint density at radius 1 is 1.15 bits per heavy atom. The van der Waals surface area contributed by atoms with E-state index in [1.807, 2.05) is 12.1 Å². The van der Waals surface area contributed by atoms with Gasteiger partial charge in [-0.1, -0.05) is 30.3 Å². The second-order valence-corrected chi connectivity index (χ2v) is 12.4. The Kier molecular flexibility index (Phi) is 8.90. The average molecular weight is 637 g/mol. The van der Waals surface area contributed by atoms with E-state index in [0.717, 1.165) is 48.2 Å². The Balaban J connectivity index is 1.64. The number of piperazine rings is 1. The molecule has 2 N–H and O–H groups in total. The number of aromatic nitrogens is 2. The Bertz CT molecular complexity index is 1480. The number of nitrogens with zero attached hydrogens (tertiary/aromatic N) is 5. The molecule has 0 amide bonds. The van der Waals surface area contributed by atoms with Gasteiger partial charge in [0, 0.05) is 43.8 Å². The number of methoxy groups -OCH3 is 1. The molecule has 1 fully saturated rings. The highest BCUT2D eigenvalue weighted by atomic mass is 79.9. The Morgan fingerprint density at radius 3 is 2.51 bits per heavy atom. The van der Waals surface area contributed by atoms with Crippen LogP contribution in [0.5, 0.6) is 5.75 Å². The summed E-state index contributed by atoms with van der Waals surface area (Å²) < 4.78 is 32.3. The van der Waals surface area contributed by atoms with E-state index in [2.05, 4.69) is 60.0 Å². The lowest BCUT2D eigenvalue weighted by Crippen LogP contribution is -2.44. The van der Waals surface area contributed by atoms with Gasteiger partial charge in [0.2, 0.25) is 16.0 Å². The molecular weight excluding hydrogens is 606 g/mol. The van der Waals surface area contributed by atoms with Gasteiger partial charge in [0.25, 0.3) is 0 Å². The second-order valence-electron chi connectivity index (χ2n) is 9.15. The van der Waals surface area contributed by atoms with E-state index in [0.29, 0.717) is 28.6 Å². The zero-order valence-corrected chi connectivity index (χ0v) is 25.4. The van der Waals surface area contributed by atoms with E-state index >= 15 is 0 Å². The quantitative estimate of drug-likeness (QED) is 0.329. The van der Waals surface area contributed by atoms with Crippen molar-refractivity contribution < 1.29 is 13.2 Å². The first-order chi connectivity index (χ1) is 18.5. The first-order valence-electron chi connectivity index (χ1n) is 12.1. The van der Waals surface area contributed by atoms with Crippen LogP contribution in [0, 0.1) is 0 Å². The molecule has 0 spiro atoms. The number of rotatable bonds is 9. The van der Waals surface area contributed by atoms with Gasteiger partial charge >= 0.3 is 0 Å². The van der Waals surface area contributed by atoms with Gasteiger partial charge in [-0.25, -0.2) is 13.4 Å². The normalized spacial score (nSPS) is 14.2. The minimum absolute atomic E-state index is 0.260. The molecule has 13 heteroatoms. The van der Waals surface area contributed by atoms with Crippen molar-refractivity contribution in [1.82, 2.24) is 14.9 Å². The van der Waals surface area contributed by atoms with E-state index in [9.17, 15) is 8.42 Å². The molecule has 39 heavy (non-hydrogen) atoms. The van der Waals surface area contributed by atoms with Crippen LogP contribution in [-0.2, 0) is 10.0 Å². The van der Waals surface area contributed by atoms with Crippen molar-refractivity contribution in [3.8, 4) is 5.75 Å². The smallest absolute Gasteiger partial charge is 0.232 e. The highest BCUT2D eigenvalue weighted by Crippen LogP contribution is 2.39. The lowest BCUT2D eigenvalue weighted by atomic mass is 10.1. The van der Waals surface area contributed by atoms with E-state index in [4.69, 9.17) is 16.3 Å². The zero-order valence-electron chi connectivity index (χ0n) is 22.2. The molecule has 10 nitrogen and oxygen atoms in total. The van der Waals surface area contributed by atoms with Crippen molar-refractivity contribution in [3.63, 3.8) is 0 Å². The molecule has 0 atom stereocenters. The molecule has 2 heterocycles. The van der Waals surface area contributed by atoms with E-state index in [1.165, 1.54) is 17.5 Å². The second kappa shape index (κ2) is 12.0. The Hall–Kier alpha value is -3.06. The van der Waals surface area contributed by atoms with Crippen LogP contribution in [-0.4, -0.2) is 76.9 Å². The monoisotopic (exact) mass is 635 g/mol. The predicted molar refractivity (Wildman–Crippen MR) is 164 cm³/mol. The minimum Gasteiger partial charge on any atom is -0.494 e. The number of sulfonamides is 1. The maximum absolute atomic E-state index is 12.2. The molecule has 2 aromatic carbocycles.